The molecule has 3 nitrogen and oxygen atoms in total. The Balaban J connectivity index is 1.91. The number of carbonyl (C=O) groups is 1. The third-order valence-corrected chi connectivity index (χ3v) is 4.00. The quantitative estimate of drug-likeness (QED) is 0.667. The molecule has 3 aromatic rings. The standard InChI is InChI=1S/C13H7BrF2N2OS/c14-7-3-9(15)12(10(16)4-7)11(19)5-8-6-18-1-2-20-13(18)17-8/h1-4,6H,5H2. The molecule has 7 heteroatoms. The summed E-state index contributed by atoms with van der Waals surface area (Å²) in [5, 5.41) is 1.86. The summed E-state index contributed by atoms with van der Waals surface area (Å²) in [7, 11) is 0. The Morgan fingerprint density at radius 3 is 2.70 bits per heavy atom. The minimum atomic E-state index is -0.872. The van der Waals surface area contributed by atoms with Gasteiger partial charge in [0.1, 0.15) is 11.6 Å². The molecule has 0 bridgehead atoms. The second-order valence-electron chi connectivity index (χ2n) is 4.17. The first-order chi connectivity index (χ1) is 9.54. The average Bonchev–Trinajstić information content (AvgIpc) is 2.87. The van der Waals surface area contributed by atoms with Gasteiger partial charge in [0, 0.05) is 22.2 Å². The normalized spacial score (nSPS) is 11.2. The van der Waals surface area contributed by atoms with Gasteiger partial charge in [0.15, 0.2) is 10.7 Å². The highest BCUT2D eigenvalue weighted by molar-refractivity contribution is 9.10. The van der Waals surface area contributed by atoms with Gasteiger partial charge < -0.3 is 0 Å². The zero-order valence-corrected chi connectivity index (χ0v) is 12.3. The molecule has 0 aliphatic carbocycles. The topological polar surface area (TPSA) is 34.4 Å². The smallest absolute Gasteiger partial charge is 0.193 e. The van der Waals surface area contributed by atoms with E-state index in [4.69, 9.17) is 0 Å². The highest BCUT2D eigenvalue weighted by Gasteiger charge is 2.19. The first-order valence-corrected chi connectivity index (χ1v) is 7.30. The number of hydrogen-bond acceptors (Lipinski definition) is 3. The van der Waals surface area contributed by atoms with Crippen LogP contribution in [0.25, 0.3) is 4.96 Å². The highest BCUT2D eigenvalue weighted by atomic mass is 79.9. The molecule has 0 amide bonds. The van der Waals surface area contributed by atoms with Crippen molar-refractivity contribution in [1.29, 1.82) is 0 Å². The van der Waals surface area contributed by atoms with Crippen molar-refractivity contribution in [1.82, 2.24) is 9.38 Å². The molecule has 0 aliphatic heterocycles. The number of ketones is 1. The zero-order chi connectivity index (χ0) is 14.3. The number of carbonyl (C=O) groups excluding carboxylic acids is 1. The van der Waals surface area contributed by atoms with Gasteiger partial charge in [-0.05, 0) is 12.1 Å². The Morgan fingerprint density at radius 2 is 2.05 bits per heavy atom. The molecule has 0 fully saturated rings. The number of aromatic nitrogens is 2. The molecular formula is C13H7BrF2N2OS. The van der Waals surface area contributed by atoms with Crippen molar-refractivity contribution in [3.63, 3.8) is 0 Å². The van der Waals surface area contributed by atoms with Gasteiger partial charge in [-0.1, -0.05) is 15.9 Å². The lowest BCUT2D eigenvalue weighted by molar-refractivity contribution is 0.0984. The number of halogens is 3. The number of nitrogens with zero attached hydrogens (tertiary/aromatic N) is 2. The fourth-order valence-electron chi connectivity index (χ4n) is 1.92. The molecule has 2 heterocycles. The molecule has 0 spiro atoms. The van der Waals surface area contributed by atoms with Crippen LogP contribution in [0.2, 0.25) is 0 Å². The predicted molar refractivity (Wildman–Crippen MR) is 75.2 cm³/mol. The van der Waals surface area contributed by atoms with Crippen molar-refractivity contribution >= 4 is 38.0 Å². The minimum absolute atomic E-state index is 0.135. The summed E-state index contributed by atoms with van der Waals surface area (Å²) in [5.41, 5.74) is -0.0341. The summed E-state index contributed by atoms with van der Waals surface area (Å²) in [5.74, 6) is -2.37. The predicted octanol–water partition coefficient (Wildman–Crippen LogP) is 3.86. The number of Topliss-reactive ketones (excluding diaryl/α,β-unsaturated/α-hetero) is 1. The Morgan fingerprint density at radius 1 is 1.35 bits per heavy atom. The van der Waals surface area contributed by atoms with Crippen molar-refractivity contribution in [3.8, 4) is 0 Å². The van der Waals surface area contributed by atoms with Crippen LogP contribution in [-0.4, -0.2) is 15.2 Å². The summed E-state index contributed by atoms with van der Waals surface area (Å²) >= 11 is 4.40. The SMILES string of the molecule is O=C(Cc1cn2ccsc2n1)c1c(F)cc(Br)cc1F. The average molecular weight is 357 g/mol. The van der Waals surface area contributed by atoms with Crippen molar-refractivity contribution in [3.05, 3.63) is 57.3 Å². The fraction of sp³-hybridized carbons (Fsp3) is 0.0769. The lowest BCUT2D eigenvalue weighted by Gasteiger charge is -2.03. The second-order valence-corrected chi connectivity index (χ2v) is 5.96. The van der Waals surface area contributed by atoms with Crippen molar-refractivity contribution in [2.75, 3.05) is 0 Å². The van der Waals surface area contributed by atoms with Crippen LogP contribution in [0.15, 0.2) is 34.4 Å². The molecule has 0 saturated carbocycles. The van der Waals surface area contributed by atoms with E-state index in [0.29, 0.717) is 5.69 Å². The molecule has 102 valence electrons. The van der Waals surface area contributed by atoms with Crippen LogP contribution in [0.3, 0.4) is 0 Å². The third kappa shape index (κ3) is 2.38. The molecule has 0 saturated heterocycles. The minimum Gasteiger partial charge on any atom is -0.297 e. The first-order valence-electron chi connectivity index (χ1n) is 5.63. The van der Waals surface area contributed by atoms with E-state index in [9.17, 15) is 13.6 Å². The van der Waals surface area contributed by atoms with Crippen LogP contribution in [0.4, 0.5) is 8.78 Å². The summed E-state index contributed by atoms with van der Waals surface area (Å²) < 4.78 is 29.4. The van der Waals surface area contributed by atoms with E-state index in [1.807, 2.05) is 11.6 Å². The van der Waals surface area contributed by atoms with Crippen LogP contribution in [0.5, 0.6) is 0 Å². The van der Waals surface area contributed by atoms with E-state index >= 15 is 0 Å². The van der Waals surface area contributed by atoms with Gasteiger partial charge in [0.05, 0.1) is 17.7 Å². The van der Waals surface area contributed by atoms with Gasteiger partial charge in [-0.15, -0.1) is 11.3 Å². The Hall–Kier alpha value is -1.60. The third-order valence-electron chi connectivity index (χ3n) is 2.77. The van der Waals surface area contributed by atoms with E-state index in [0.717, 1.165) is 17.1 Å². The number of imidazole rings is 1. The highest BCUT2D eigenvalue weighted by Crippen LogP contribution is 2.21. The van der Waals surface area contributed by atoms with Crippen LogP contribution < -0.4 is 0 Å². The van der Waals surface area contributed by atoms with E-state index in [1.165, 1.54) is 11.3 Å². The maximum Gasteiger partial charge on any atom is 0.193 e. The Bertz CT molecular complexity index is 760. The van der Waals surface area contributed by atoms with Gasteiger partial charge in [0.25, 0.3) is 0 Å². The van der Waals surface area contributed by atoms with Crippen LogP contribution in [-0.2, 0) is 6.42 Å². The van der Waals surface area contributed by atoms with Crippen molar-refractivity contribution < 1.29 is 13.6 Å². The maximum atomic E-state index is 13.7. The monoisotopic (exact) mass is 356 g/mol. The molecule has 3 rings (SSSR count). The fourth-order valence-corrected chi connectivity index (χ4v) is 3.04. The van der Waals surface area contributed by atoms with E-state index in [1.54, 1.807) is 10.6 Å². The lowest BCUT2D eigenvalue weighted by Crippen LogP contribution is -2.09. The Kier molecular flexibility index (Phi) is 3.39. The first kappa shape index (κ1) is 13.4. The molecule has 0 unspecified atom stereocenters. The van der Waals surface area contributed by atoms with Gasteiger partial charge in [-0.2, -0.15) is 0 Å². The van der Waals surface area contributed by atoms with Gasteiger partial charge in [0.2, 0.25) is 0 Å². The maximum absolute atomic E-state index is 13.7. The van der Waals surface area contributed by atoms with Crippen molar-refractivity contribution in [2.45, 2.75) is 6.42 Å². The van der Waals surface area contributed by atoms with Gasteiger partial charge >= 0.3 is 0 Å². The zero-order valence-electron chi connectivity index (χ0n) is 9.94. The van der Waals surface area contributed by atoms with Crippen molar-refractivity contribution in [2.24, 2.45) is 0 Å². The number of fused-ring (bicyclic) bond motifs is 1. The van der Waals surface area contributed by atoms with E-state index < -0.39 is 23.0 Å². The summed E-state index contributed by atoms with van der Waals surface area (Å²) in [4.78, 5) is 17.0. The lowest BCUT2D eigenvalue weighted by atomic mass is 10.1. The largest absolute Gasteiger partial charge is 0.297 e. The molecule has 0 radical (unpaired) electrons. The Labute approximate surface area is 125 Å². The molecule has 20 heavy (non-hydrogen) atoms. The molecule has 0 N–H and O–H groups in total. The number of hydrogen-bond donors (Lipinski definition) is 0. The van der Waals surface area contributed by atoms with Crippen LogP contribution >= 0.6 is 27.3 Å². The summed E-state index contributed by atoms with van der Waals surface area (Å²) in [6, 6.07) is 2.14. The molecular weight excluding hydrogens is 350 g/mol. The molecule has 2 aromatic heterocycles. The number of thiazole rings is 1. The van der Waals surface area contributed by atoms with Crippen LogP contribution in [0.1, 0.15) is 16.1 Å². The van der Waals surface area contributed by atoms with Crippen LogP contribution in [0, 0.1) is 11.6 Å². The second kappa shape index (κ2) is 5.06. The van der Waals surface area contributed by atoms with Gasteiger partial charge in [-0.3, -0.25) is 9.20 Å². The van der Waals surface area contributed by atoms with E-state index in [2.05, 4.69) is 20.9 Å². The molecule has 1 aromatic carbocycles. The van der Waals surface area contributed by atoms with Gasteiger partial charge in [-0.25, -0.2) is 13.8 Å². The van der Waals surface area contributed by atoms with E-state index in [-0.39, 0.29) is 10.9 Å². The summed E-state index contributed by atoms with van der Waals surface area (Å²) in [6.45, 7) is 0. The molecule has 0 atom stereocenters. The summed E-state index contributed by atoms with van der Waals surface area (Å²) in [6.07, 6.45) is 3.35. The number of rotatable bonds is 3. The molecule has 0 aliphatic rings. The number of benzene rings is 1.